The van der Waals surface area contributed by atoms with Crippen molar-refractivity contribution in [1.82, 2.24) is 10.2 Å². The van der Waals surface area contributed by atoms with Crippen molar-refractivity contribution in [2.24, 2.45) is 0 Å². The van der Waals surface area contributed by atoms with E-state index in [0.29, 0.717) is 6.54 Å². The number of benzene rings is 1. The first-order chi connectivity index (χ1) is 10.9. The molecular formula is C18H28N2O3. The number of nitrogens with zero attached hydrogens (tertiary/aromatic N) is 1. The SMILES string of the molecule is COc1ccccc1CN[C@H]1CCCN(C(=O)OC(C)(C)C)C1. The Balaban J connectivity index is 1.88. The van der Waals surface area contributed by atoms with Crippen LogP contribution in [0.25, 0.3) is 0 Å². The van der Waals surface area contributed by atoms with Crippen LogP contribution in [-0.4, -0.2) is 42.8 Å². The quantitative estimate of drug-likeness (QED) is 0.926. The number of rotatable bonds is 4. The summed E-state index contributed by atoms with van der Waals surface area (Å²) in [7, 11) is 1.68. The lowest BCUT2D eigenvalue weighted by atomic mass is 10.1. The molecule has 1 fully saturated rings. The minimum Gasteiger partial charge on any atom is -0.496 e. The van der Waals surface area contributed by atoms with Crippen LogP contribution in [0.5, 0.6) is 5.75 Å². The second kappa shape index (κ2) is 7.68. The van der Waals surface area contributed by atoms with Crippen molar-refractivity contribution in [2.45, 2.75) is 51.8 Å². The molecule has 0 spiro atoms. The van der Waals surface area contributed by atoms with E-state index in [-0.39, 0.29) is 12.1 Å². The van der Waals surface area contributed by atoms with Crippen molar-refractivity contribution in [3.05, 3.63) is 29.8 Å². The number of piperidine rings is 1. The lowest BCUT2D eigenvalue weighted by molar-refractivity contribution is 0.0187. The molecule has 1 heterocycles. The van der Waals surface area contributed by atoms with Crippen molar-refractivity contribution in [3.8, 4) is 5.75 Å². The lowest BCUT2D eigenvalue weighted by Gasteiger charge is -2.34. The number of methoxy groups -OCH3 is 1. The predicted octanol–water partition coefficient (Wildman–Crippen LogP) is 3.18. The molecule has 1 saturated heterocycles. The van der Waals surface area contributed by atoms with Crippen molar-refractivity contribution in [2.75, 3.05) is 20.2 Å². The van der Waals surface area contributed by atoms with Gasteiger partial charge in [0.05, 0.1) is 7.11 Å². The molecule has 0 unspecified atom stereocenters. The third-order valence-corrected chi connectivity index (χ3v) is 3.85. The fraction of sp³-hybridized carbons (Fsp3) is 0.611. The summed E-state index contributed by atoms with van der Waals surface area (Å²) in [5.41, 5.74) is 0.680. The summed E-state index contributed by atoms with van der Waals surface area (Å²) in [5, 5.41) is 3.53. The standard InChI is InChI=1S/C18H28N2O3/c1-18(2,3)23-17(21)20-11-7-9-15(13-20)19-12-14-8-5-6-10-16(14)22-4/h5-6,8,10,15,19H,7,9,11-13H2,1-4H3/t15-/m0/s1. The van der Waals surface area contributed by atoms with Crippen LogP contribution in [0, 0.1) is 0 Å². The molecule has 1 aromatic rings. The summed E-state index contributed by atoms with van der Waals surface area (Å²) < 4.78 is 10.8. The smallest absolute Gasteiger partial charge is 0.410 e. The fourth-order valence-electron chi connectivity index (χ4n) is 2.74. The number of carbonyl (C=O) groups excluding carboxylic acids is 1. The van der Waals surface area contributed by atoms with Crippen LogP contribution in [0.15, 0.2) is 24.3 Å². The molecule has 1 aliphatic rings. The van der Waals surface area contributed by atoms with Gasteiger partial charge in [-0.1, -0.05) is 18.2 Å². The van der Waals surface area contributed by atoms with Gasteiger partial charge in [0.25, 0.3) is 0 Å². The number of hydrogen-bond acceptors (Lipinski definition) is 4. The molecule has 1 aliphatic heterocycles. The number of para-hydroxylation sites is 1. The van der Waals surface area contributed by atoms with E-state index in [0.717, 1.165) is 37.2 Å². The summed E-state index contributed by atoms with van der Waals surface area (Å²) >= 11 is 0. The van der Waals surface area contributed by atoms with E-state index in [2.05, 4.69) is 11.4 Å². The van der Waals surface area contributed by atoms with E-state index in [4.69, 9.17) is 9.47 Å². The van der Waals surface area contributed by atoms with Gasteiger partial charge >= 0.3 is 6.09 Å². The van der Waals surface area contributed by atoms with E-state index < -0.39 is 5.60 Å². The van der Waals surface area contributed by atoms with E-state index >= 15 is 0 Å². The lowest BCUT2D eigenvalue weighted by Crippen LogP contribution is -2.49. The highest BCUT2D eigenvalue weighted by atomic mass is 16.6. The van der Waals surface area contributed by atoms with Gasteiger partial charge in [-0.05, 0) is 39.7 Å². The minimum atomic E-state index is -0.450. The molecule has 0 aromatic heterocycles. The molecule has 128 valence electrons. The van der Waals surface area contributed by atoms with Crippen molar-refractivity contribution >= 4 is 6.09 Å². The summed E-state index contributed by atoms with van der Waals surface area (Å²) in [4.78, 5) is 14.0. The van der Waals surface area contributed by atoms with Crippen LogP contribution in [0.4, 0.5) is 4.79 Å². The maximum Gasteiger partial charge on any atom is 0.410 e. The highest BCUT2D eigenvalue weighted by Crippen LogP contribution is 2.19. The highest BCUT2D eigenvalue weighted by Gasteiger charge is 2.27. The average Bonchev–Trinajstić information content (AvgIpc) is 2.52. The van der Waals surface area contributed by atoms with E-state index in [1.165, 1.54) is 0 Å². The topological polar surface area (TPSA) is 50.8 Å². The van der Waals surface area contributed by atoms with Crippen LogP contribution in [0.2, 0.25) is 0 Å². The molecule has 1 amide bonds. The van der Waals surface area contributed by atoms with Gasteiger partial charge in [0, 0.05) is 31.2 Å². The first-order valence-corrected chi connectivity index (χ1v) is 8.22. The Labute approximate surface area is 139 Å². The summed E-state index contributed by atoms with van der Waals surface area (Å²) in [6.45, 7) is 7.87. The van der Waals surface area contributed by atoms with Gasteiger partial charge in [-0.2, -0.15) is 0 Å². The van der Waals surface area contributed by atoms with Gasteiger partial charge in [-0.25, -0.2) is 4.79 Å². The zero-order valence-electron chi connectivity index (χ0n) is 14.6. The Morgan fingerprint density at radius 3 is 2.78 bits per heavy atom. The molecule has 2 rings (SSSR count). The van der Waals surface area contributed by atoms with Crippen LogP contribution < -0.4 is 10.1 Å². The first-order valence-electron chi connectivity index (χ1n) is 8.22. The molecule has 5 heteroatoms. The number of carbonyl (C=O) groups is 1. The van der Waals surface area contributed by atoms with Gasteiger partial charge < -0.3 is 19.7 Å². The van der Waals surface area contributed by atoms with Crippen LogP contribution in [0.3, 0.4) is 0 Å². The van der Waals surface area contributed by atoms with Gasteiger partial charge in [0.15, 0.2) is 0 Å². The second-order valence-corrected chi connectivity index (χ2v) is 6.96. The Hall–Kier alpha value is -1.75. The third-order valence-electron chi connectivity index (χ3n) is 3.85. The maximum absolute atomic E-state index is 12.2. The highest BCUT2D eigenvalue weighted by molar-refractivity contribution is 5.68. The molecule has 0 saturated carbocycles. The molecule has 23 heavy (non-hydrogen) atoms. The zero-order valence-corrected chi connectivity index (χ0v) is 14.6. The van der Waals surface area contributed by atoms with Crippen molar-refractivity contribution in [3.63, 3.8) is 0 Å². The summed E-state index contributed by atoms with van der Waals surface area (Å²) in [6.07, 6.45) is 1.83. The summed E-state index contributed by atoms with van der Waals surface area (Å²) in [6, 6.07) is 8.27. The maximum atomic E-state index is 12.2. The van der Waals surface area contributed by atoms with Crippen LogP contribution in [-0.2, 0) is 11.3 Å². The number of hydrogen-bond donors (Lipinski definition) is 1. The minimum absolute atomic E-state index is 0.221. The predicted molar refractivity (Wildman–Crippen MR) is 90.7 cm³/mol. The van der Waals surface area contributed by atoms with E-state index in [9.17, 15) is 4.79 Å². The van der Waals surface area contributed by atoms with Gasteiger partial charge in [-0.3, -0.25) is 0 Å². The molecule has 0 radical (unpaired) electrons. The number of ether oxygens (including phenoxy) is 2. The second-order valence-electron chi connectivity index (χ2n) is 6.96. The third kappa shape index (κ3) is 5.43. The molecular weight excluding hydrogens is 292 g/mol. The van der Waals surface area contributed by atoms with Crippen LogP contribution >= 0.6 is 0 Å². The molecule has 0 bridgehead atoms. The molecule has 1 atom stereocenters. The molecule has 1 N–H and O–H groups in total. The fourth-order valence-corrected chi connectivity index (χ4v) is 2.74. The monoisotopic (exact) mass is 320 g/mol. The summed E-state index contributed by atoms with van der Waals surface area (Å²) in [5.74, 6) is 0.889. The number of likely N-dealkylation sites (tertiary alicyclic amines) is 1. The molecule has 1 aromatic carbocycles. The van der Waals surface area contributed by atoms with Crippen molar-refractivity contribution < 1.29 is 14.3 Å². The average molecular weight is 320 g/mol. The van der Waals surface area contributed by atoms with E-state index in [1.807, 2.05) is 39.0 Å². The Morgan fingerprint density at radius 1 is 1.35 bits per heavy atom. The normalized spacial score (nSPS) is 18.6. The van der Waals surface area contributed by atoms with Crippen molar-refractivity contribution in [1.29, 1.82) is 0 Å². The Kier molecular flexibility index (Phi) is 5.88. The molecule has 5 nitrogen and oxygen atoms in total. The van der Waals surface area contributed by atoms with E-state index in [1.54, 1.807) is 12.0 Å². The largest absolute Gasteiger partial charge is 0.496 e. The van der Waals surface area contributed by atoms with Gasteiger partial charge in [0.1, 0.15) is 11.4 Å². The Morgan fingerprint density at radius 2 is 2.09 bits per heavy atom. The number of nitrogens with one attached hydrogen (secondary N) is 1. The number of amides is 1. The molecule has 0 aliphatic carbocycles. The van der Waals surface area contributed by atoms with Crippen LogP contribution in [0.1, 0.15) is 39.2 Å². The van der Waals surface area contributed by atoms with Gasteiger partial charge in [0.2, 0.25) is 0 Å². The zero-order chi connectivity index (χ0) is 16.9. The first kappa shape index (κ1) is 17.6. The van der Waals surface area contributed by atoms with Gasteiger partial charge in [-0.15, -0.1) is 0 Å². The Bertz CT molecular complexity index is 525.